The van der Waals surface area contributed by atoms with E-state index in [-0.39, 0.29) is 6.17 Å². The van der Waals surface area contributed by atoms with Crippen LogP contribution in [0.2, 0.25) is 0 Å². The van der Waals surface area contributed by atoms with Gasteiger partial charge in [0.25, 0.3) is 0 Å². The Kier molecular flexibility index (Phi) is 3.83. The number of carbonyl (C=O) groups excluding carboxylic acids is 1. The van der Waals surface area contributed by atoms with Crippen LogP contribution in [0, 0.1) is 0 Å². The average molecular weight is 316 g/mol. The van der Waals surface area contributed by atoms with Gasteiger partial charge in [0, 0.05) is 17.7 Å². The summed E-state index contributed by atoms with van der Waals surface area (Å²) < 4.78 is 1.03. The number of fused-ring (bicyclic) bond motifs is 1. The predicted octanol–water partition coefficient (Wildman–Crippen LogP) is 1.99. The normalized spacial score (nSPS) is 22.8. The Hall–Kier alpha value is -0.880. The molecule has 6 heteroatoms. The summed E-state index contributed by atoms with van der Waals surface area (Å²) in [4.78, 5) is 14.9. The number of nitrogens with zero attached hydrogens (tertiary/aromatic N) is 2. The van der Waals surface area contributed by atoms with Gasteiger partial charge in [-0.1, -0.05) is 6.92 Å². The molecule has 1 atom stereocenters. The van der Waals surface area contributed by atoms with Gasteiger partial charge < -0.3 is 15.1 Å². The van der Waals surface area contributed by atoms with Crippen molar-refractivity contribution in [3.05, 3.63) is 33.7 Å². The lowest BCUT2D eigenvalue weighted by atomic mass is 10.3. The quantitative estimate of drug-likeness (QED) is 0.805. The Bertz CT molecular complexity index is 419. The summed E-state index contributed by atoms with van der Waals surface area (Å²) >= 11 is 5.20. The second-order valence-corrected chi connectivity index (χ2v) is 5.82. The molecular formula is C11H14BrN3OS. The first-order valence-corrected chi connectivity index (χ1v) is 7.10. The molecule has 1 N–H and O–H groups in total. The van der Waals surface area contributed by atoms with Gasteiger partial charge in [-0.2, -0.15) is 0 Å². The van der Waals surface area contributed by atoms with Crippen molar-refractivity contribution in [3.8, 4) is 0 Å². The number of hydrogen-bond donors (Lipinski definition) is 1. The summed E-state index contributed by atoms with van der Waals surface area (Å²) in [5.74, 6) is 1.82. The summed E-state index contributed by atoms with van der Waals surface area (Å²) in [5.41, 5.74) is 0. The molecule has 17 heavy (non-hydrogen) atoms. The van der Waals surface area contributed by atoms with Gasteiger partial charge in [0.15, 0.2) is 0 Å². The minimum atomic E-state index is 0.146. The topological polar surface area (TPSA) is 35.6 Å². The van der Waals surface area contributed by atoms with Crippen LogP contribution in [0.5, 0.6) is 0 Å². The highest BCUT2D eigenvalue weighted by Crippen LogP contribution is 2.37. The molecule has 0 saturated carbocycles. The SMILES string of the molecule is CCSC1=C(NC=O)N(C)C2C=CC(Br)=CN12. The molecule has 92 valence electrons. The minimum Gasteiger partial charge on any atom is -0.335 e. The summed E-state index contributed by atoms with van der Waals surface area (Å²) in [6.45, 7) is 2.10. The first-order valence-electron chi connectivity index (χ1n) is 5.33. The van der Waals surface area contributed by atoms with Crippen molar-refractivity contribution in [1.29, 1.82) is 0 Å². The van der Waals surface area contributed by atoms with E-state index in [4.69, 9.17) is 0 Å². The minimum absolute atomic E-state index is 0.146. The van der Waals surface area contributed by atoms with Gasteiger partial charge >= 0.3 is 0 Å². The zero-order valence-electron chi connectivity index (χ0n) is 9.68. The van der Waals surface area contributed by atoms with Crippen molar-refractivity contribution < 1.29 is 4.79 Å². The van der Waals surface area contributed by atoms with Crippen molar-refractivity contribution in [2.75, 3.05) is 12.8 Å². The van der Waals surface area contributed by atoms with Crippen LogP contribution in [0.15, 0.2) is 33.7 Å². The smallest absolute Gasteiger partial charge is 0.212 e. The van der Waals surface area contributed by atoms with E-state index >= 15 is 0 Å². The van der Waals surface area contributed by atoms with E-state index in [1.165, 1.54) is 0 Å². The second-order valence-electron chi connectivity index (χ2n) is 3.65. The van der Waals surface area contributed by atoms with Crippen LogP contribution in [-0.2, 0) is 4.79 Å². The van der Waals surface area contributed by atoms with Gasteiger partial charge in [0.2, 0.25) is 6.41 Å². The molecule has 0 saturated heterocycles. The Labute approximate surface area is 114 Å². The van der Waals surface area contributed by atoms with Gasteiger partial charge in [-0.25, -0.2) is 0 Å². The van der Waals surface area contributed by atoms with Crippen LogP contribution in [0.1, 0.15) is 6.92 Å². The van der Waals surface area contributed by atoms with Gasteiger partial charge in [-0.15, -0.1) is 11.8 Å². The Morgan fingerprint density at radius 3 is 3.06 bits per heavy atom. The molecule has 1 amide bonds. The van der Waals surface area contributed by atoms with Gasteiger partial charge in [-0.3, -0.25) is 4.79 Å². The number of halogens is 1. The van der Waals surface area contributed by atoms with Crippen molar-refractivity contribution in [3.63, 3.8) is 0 Å². The Morgan fingerprint density at radius 2 is 2.41 bits per heavy atom. The number of thioether (sulfide) groups is 1. The van der Waals surface area contributed by atoms with Crippen molar-refractivity contribution in [1.82, 2.24) is 15.1 Å². The molecule has 2 aliphatic heterocycles. The third-order valence-corrected chi connectivity index (χ3v) is 4.07. The van der Waals surface area contributed by atoms with E-state index in [0.29, 0.717) is 0 Å². The van der Waals surface area contributed by atoms with Crippen LogP contribution >= 0.6 is 27.7 Å². The number of amides is 1. The molecule has 0 radical (unpaired) electrons. The summed E-state index contributed by atoms with van der Waals surface area (Å²) in [6.07, 6.45) is 7.03. The molecule has 4 nitrogen and oxygen atoms in total. The molecule has 2 heterocycles. The number of likely N-dealkylation sites (N-methyl/N-ethyl adjacent to an activating group) is 1. The van der Waals surface area contributed by atoms with Crippen LogP contribution in [-0.4, -0.2) is 35.2 Å². The Morgan fingerprint density at radius 1 is 1.65 bits per heavy atom. The number of allylic oxidation sites excluding steroid dienone is 2. The number of hydrogen-bond acceptors (Lipinski definition) is 4. The lowest BCUT2D eigenvalue weighted by Gasteiger charge is -2.29. The largest absolute Gasteiger partial charge is 0.335 e. The van der Waals surface area contributed by atoms with Gasteiger partial charge in [-0.05, 0) is 33.8 Å². The van der Waals surface area contributed by atoms with Crippen molar-refractivity contribution >= 4 is 34.1 Å². The lowest BCUT2D eigenvalue weighted by Crippen LogP contribution is -2.36. The fraction of sp³-hybridized carbons (Fsp3) is 0.364. The molecule has 0 aromatic carbocycles. The molecule has 0 bridgehead atoms. The average Bonchev–Trinajstić information content (AvgIpc) is 2.55. The molecule has 2 aliphatic rings. The fourth-order valence-electron chi connectivity index (χ4n) is 1.92. The Balaban J connectivity index is 2.36. The molecule has 2 rings (SSSR count). The number of nitrogens with one attached hydrogen (secondary N) is 1. The van der Waals surface area contributed by atoms with Crippen LogP contribution in [0.3, 0.4) is 0 Å². The zero-order chi connectivity index (χ0) is 12.4. The fourth-order valence-corrected chi connectivity index (χ4v) is 3.22. The molecule has 0 aromatic rings. The second kappa shape index (κ2) is 5.18. The predicted molar refractivity (Wildman–Crippen MR) is 73.9 cm³/mol. The van der Waals surface area contributed by atoms with E-state index in [1.807, 2.05) is 19.3 Å². The van der Waals surface area contributed by atoms with E-state index in [9.17, 15) is 4.79 Å². The maximum atomic E-state index is 10.7. The highest BCUT2D eigenvalue weighted by atomic mass is 79.9. The van der Waals surface area contributed by atoms with E-state index in [1.54, 1.807) is 11.8 Å². The molecule has 1 unspecified atom stereocenters. The first kappa shape index (κ1) is 12.6. The summed E-state index contributed by atoms with van der Waals surface area (Å²) in [6, 6.07) is 0. The van der Waals surface area contributed by atoms with Crippen molar-refractivity contribution in [2.24, 2.45) is 0 Å². The van der Waals surface area contributed by atoms with Crippen LogP contribution < -0.4 is 5.32 Å². The highest BCUT2D eigenvalue weighted by Gasteiger charge is 2.35. The maximum absolute atomic E-state index is 10.7. The molecule has 0 aromatic heterocycles. The number of rotatable bonds is 4. The third-order valence-electron chi connectivity index (χ3n) is 2.64. The monoisotopic (exact) mass is 315 g/mol. The van der Waals surface area contributed by atoms with E-state index < -0.39 is 0 Å². The highest BCUT2D eigenvalue weighted by molar-refractivity contribution is 9.11. The summed E-state index contributed by atoms with van der Waals surface area (Å²) in [5, 5.41) is 3.86. The third kappa shape index (κ3) is 2.24. The van der Waals surface area contributed by atoms with Crippen LogP contribution in [0.25, 0.3) is 0 Å². The van der Waals surface area contributed by atoms with E-state index in [2.05, 4.69) is 44.0 Å². The van der Waals surface area contributed by atoms with Gasteiger partial charge in [0.1, 0.15) is 17.0 Å². The van der Waals surface area contributed by atoms with Crippen LogP contribution in [0.4, 0.5) is 0 Å². The number of carbonyl (C=O) groups is 1. The van der Waals surface area contributed by atoms with Gasteiger partial charge in [0.05, 0.1) is 0 Å². The molecular weight excluding hydrogens is 302 g/mol. The summed E-state index contributed by atoms with van der Waals surface area (Å²) in [7, 11) is 1.98. The maximum Gasteiger partial charge on any atom is 0.212 e. The van der Waals surface area contributed by atoms with Crippen molar-refractivity contribution in [2.45, 2.75) is 13.1 Å². The lowest BCUT2D eigenvalue weighted by molar-refractivity contribution is -0.109. The molecule has 0 fully saturated rings. The molecule has 0 spiro atoms. The standard InChI is InChI=1S/C11H14BrN3OS/c1-3-17-11-10(13-7-16)14(2)9-5-4-8(12)6-15(9)11/h4-7,9H,3H2,1-2H3,(H,13,16). The van der Waals surface area contributed by atoms with E-state index in [0.717, 1.165) is 27.5 Å². The zero-order valence-corrected chi connectivity index (χ0v) is 12.1. The molecule has 0 aliphatic carbocycles. The first-order chi connectivity index (χ1) is 8.19.